The number of nitrogens with zero attached hydrogens (tertiary/aromatic N) is 2. The minimum Gasteiger partial charge on any atom is -0.374 e. The quantitative estimate of drug-likeness (QED) is 0.575. The van der Waals surface area contributed by atoms with Crippen LogP contribution in [0.15, 0.2) is 48.5 Å². The fourth-order valence-electron chi connectivity index (χ4n) is 3.27. The van der Waals surface area contributed by atoms with Gasteiger partial charge in [-0.25, -0.2) is 0 Å². The van der Waals surface area contributed by atoms with Gasteiger partial charge in [0.05, 0.1) is 4.92 Å². The number of anilines is 3. The van der Waals surface area contributed by atoms with Gasteiger partial charge in [0, 0.05) is 42.3 Å². The third kappa shape index (κ3) is 5.00. The Hall–Kier alpha value is -3.09. The van der Waals surface area contributed by atoms with E-state index in [1.165, 1.54) is 42.8 Å². The fraction of sp³-hybridized carbons (Fsp3) is 0.381. The van der Waals surface area contributed by atoms with Crippen molar-refractivity contribution in [2.24, 2.45) is 5.92 Å². The van der Waals surface area contributed by atoms with Crippen LogP contribution in [0.1, 0.15) is 26.7 Å². The first-order chi connectivity index (χ1) is 13.4. The second-order valence-corrected chi connectivity index (χ2v) is 7.38. The summed E-state index contributed by atoms with van der Waals surface area (Å²) in [7, 11) is 0. The third-order valence-corrected chi connectivity index (χ3v) is 5.14. The smallest absolute Gasteiger partial charge is 0.269 e. The lowest BCUT2D eigenvalue weighted by atomic mass is 9.99. The number of nitrogens with one attached hydrogen (secondary N) is 2. The molecule has 0 spiro atoms. The van der Waals surface area contributed by atoms with Gasteiger partial charge in [-0.15, -0.1) is 0 Å². The van der Waals surface area contributed by atoms with E-state index in [1.54, 1.807) is 6.92 Å². The van der Waals surface area contributed by atoms with Crippen molar-refractivity contribution < 1.29 is 9.72 Å². The van der Waals surface area contributed by atoms with Gasteiger partial charge in [-0.3, -0.25) is 14.9 Å². The van der Waals surface area contributed by atoms with Gasteiger partial charge in [0.15, 0.2) is 0 Å². The Balaban J connectivity index is 1.54. The minimum atomic E-state index is -0.468. The summed E-state index contributed by atoms with van der Waals surface area (Å²) >= 11 is 0. The predicted molar refractivity (Wildman–Crippen MR) is 112 cm³/mol. The highest BCUT2D eigenvalue weighted by Gasteiger charge is 2.17. The van der Waals surface area contributed by atoms with Gasteiger partial charge in [0.1, 0.15) is 6.04 Å². The number of nitro groups is 1. The molecule has 1 atom stereocenters. The average Bonchev–Trinajstić information content (AvgIpc) is 2.69. The molecule has 0 radical (unpaired) electrons. The molecule has 0 bridgehead atoms. The number of carbonyl (C=O) groups excluding carboxylic acids is 1. The van der Waals surface area contributed by atoms with Crippen LogP contribution in [-0.4, -0.2) is 30.0 Å². The molecule has 3 rings (SSSR count). The maximum atomic E-state index is 12.4. The molecule has 7 heteroatoms. The summed E-state index contributed by atoms with van der Waals surface area (Å²) in [6.45, 7) is 6.25. The largest absolute Gasteiger partial charge is 0.374 e. The molecule has 1 fully saturated rings. The van der Waals surface area contributed by atoms with Crippen molar-refractivity contribution in [2.75, 3.05) is 28.6 Å². The van der Waals surface area contributed by atoms with E-state index in [2.05, 4.69) is 34.6 Å². The van der Waals surface area contributed by atoms with Crippen molar-refractivity contribution >= 4 is 28.7 Å². The molecule has 0 aromatic heterocycles. The van der Waals surface area contributed by atoms with E-state index in [0.717, 1.165) is 24.7 Å². The summed E-state index contributed by atoms with van der Waals surface area (Å²) in [6, 6.07) is 13.5. The molecule has 1 aliphatic heterocycles. The Morgan fingerprint density at radius 3 is 2.21 bits per heavy atom. The van der Waals surface area contributed by atoms with Crippen LogP contribution in [0.25, 0.3) is 0 Å². The molecule has 1 aliphatic rings. The number of hydrogen-bond donors (Lipinski definition) is 2. The van der Waals surface area contributed by atoms with Gasteiger partial charge in [0.25, 0.3) is 5.69 Å². The van der Waals surface area contributed by atoms with E-state index in [-0.39, 0.29) is 11.6 Å². The number of nitro benzene ring substituents is 1. The van der Waals surface area contributed by atoms with Crippen molar-refractivity contribution in [1.29, 1.82) is 0 Å². The monoisotopic (exact) mass is 382 g/mol. The summed E-state index contributed by atoms with van der Waals surface area (Å²) in [6.07, 6.45) is 2.44. The van der Waals surface area contributed by atoms with Gasteiger partial charge < -0.3 is 15.5 Å². The van der Waals surface area contributed by atoms with Crippen LogP contribution in [0.3, 0.4) is 0 Å². The van der Waals surface area contributed by atoms with Gasteiger partial charge in [-0.1, -0.05) is 6.92 Å². The topological polar surface area (TPSA) is 87.5 Å². The second-order valence-electron chi connectivity index (χ2n) is 7.38. The summed E-state index contributed by atoms with van der Waals surface area (Å²) in [5.74, 6) is 0.593. The molecule has 2 N–H and O–H groups in total. The first-order valence-corrected chi connectivity index (χ1v) is 9.59. The molecule has 1 saturated heterocycles. The molecule has 2 aromatic carbocycles. The number of non-ortho nitro benzene ring substituents is 1. The summed E-state index contributed by atoms with van der Waals surface area (Å²) in [5, 5.41) is 16.6. The first kappa shape index (κ1) is 19.7. The number of piperidine rings is 1. The zero-order valence-electron chi connectivity index (χ0n) is 16.2. The van der Waals surface area contributed by atoms with E-state index < -0.39 is 11.0 Å². The molecule has 7 nitrogen and oxygen atoms in total. The zero-order chi connectivity index (χ0) is 20.1. The van der Waals surface area contributed by atoms with Crippen LogP contribution in [0.2, 0.25) is 0 Å². The lowest BCUT2D eigenvalue weighted by molar-refractivity contribution is -0.384. The van der Waals surface area contributed by atoms with Crippen molar-refractivity contribution in [2.45, 2.75) is 32.7 Å². The average molecular weight is 382 g/mol. The van der Waals surface area contributed by atoms with Crippen molar-refractivity contribution in [1.82, 2.24) is 0 Å². The maximum absolute atomic E-state index is 12.4. The number of amides is 1. The molecule has 28 heavy (non-hydrogen) atoms. The van der Waals surface area contributed by atoms with Crippen molar-refractivity contribution in [3.8, 4) is 0 Å². The number of benzene rings is 2. The molecular formula is C21H26N4O3. The molecule has 2 aromatic rings. The Morgan fingerprint density at radius 1 is 1.07 bits per heavy atom. The van der Waals surface area contributed by atoms with E-state index in [9.17, 15) is 14.9 Å². The number of carbonyl (C=O) groups is 1. The van der Waals surface area contributed by atoms with Crippen LogP contribution in [0.5, 0.6) is 0 Å². The third-order valence-electron chi connectivity index (χ3n) is 5.14. The molecule has 0 aliphatic carbocycles. The van der Waals surface area contributed by atoms with Crippen LogP contribution in [0, 0.1) is 16.0 Å². The lowest BCUT2D eigenvalue weighted by Crippen LogP contribution is -2.33. The predicted octanol–water partition coefficient (Wildman–Crippen LogP) is 4.27. The molecule has 1 unspecified atom stereocenters. The molecule has 0 saturated carbocycles. The maximum Gasteiger partial charge on any atom is 0.269 e. The highest BCUT2D eigenvalue weighted by atomic mass is 16.6. The normalized spacial score (nSPS) is 15.7. The molecular weight excluding hydrogens is 356 g/mol. The SMILES string of the molecule is CC1CCN(c2ccc(NC(C)C(=O)Nc3ccc([N+](=O)[O-])cc3)cc2)CC1. The van der Waals surface area contributed by atoms with E-state index in [0.29, 0.717) is 5.69 Å². The van der Waals surface area contributed by atoms with E-state index >= 15 is 0 Å². The van der Waals surface area contributed by atoms with Gasteiger partial charge >= 0.3 is 0 Å². The van der Waals surface area contributed by atoms with E-state index in [1.807, 2.05) is 12.1 Å². The highest BCUT2D eigenvalue weighted by Crippen LogP contribution is 2.24. The second kappa shape index (κ2) is 8.73. The number of hydrogen-bond acceptors (Lipinski definition) is 5. The first-order valence-electron chi connectivity index (χ1n) is 9.59. The van der Waals surface area contributed by atoms with Gasteiger partial charge in [0.2, 0.25) is 5.91 Å². The molecule has 1 amide bonds. The van der Waals surface area contributed by atoms with Crippen LogP contribution >= 0.6 is 0 Å². The van der Waals surface area contributed by atoms with Crippen LogP contribution in [0.4, 0.5) is 22.7 Å². The van der Waals surface area contributed by atoms with Crippen LogP contribution in [-0.2, 0) is 4.79 Å². The summed E-state index contributed by atoms with van der Waals surface area (Å²) in [4.78, 5) is 25.0. The van der Waals surface area contributed by atoms with Crippen LogP contribution < -0.4 is 15.5 Å². The minimum absolute atomic E-state index is 0.00701. The van der Waals surface area contributed by atoms with E-state index in [4.69, 9.17) is 0 Å². The fourth-order valence-corrected chi connectivity index (χ4v) is 3.27. The highest BCUT2D eigenvalue weighted by molar-refractivity contribution is 5.96. The van der Waals surface area contributed by atoms with Gasteiger partial charge in [-0.05, 0) is 62.1 Å². The Labute approximate surface area is 164 Å². The van der Waals surface area contributed by atoms with Gasteiger partial charge in [-0.2, -0.15) is 0 Å². The Kier molecular flexibility index (Phi) is 6.13. The molecule has 148 valence electrons. The van der Waals surface area contributed by atoms with Crippen molar-refractivity contribution in [3.05, 3.63) is 58.6 Å². The summed E-state index contributed by atoms with van der Waals surface area (Å²) < 4.78 is 0. The zero-order valence-corrected chi connectivity index (χ0v) is 16.2. The van der Waals surface area contributed by atoms with Crippen molar-refractivity contribution in [3.63, 3.8) is 0 Å². The number of rotatable bonds is 6. The standard InChI is InChI=1S/C21H26N4O3/c1-15-11-13-24(14-12-15)19-7-3-17(4-8-19)22-16(2)21(26)23-18-5-9-20(10-6-18)25(27)28/h3-10,15-16,22H,11-14H2,1-2H3,(H,23,26). The summed E-state index contributed by atoms with van der Waals surface area (Å²) in [5.41, 5.74) is 2.60. The Morgan fingerprint density at radius 2 is 1.64 bits per heavy atom. The molecule has 1 heterocycles. The Bertz CT molecular complexity index is 813. The lowest BCUT2D eigenvalue weighted by Gasteiger charge is -2.32.